The van der Waals surface area contributed by atoms with Gasteiger partial charge >= 0.3 is 5.97 Å². The minimum absolute atomic E-state index is 0.128. The second-order valence-corrected chi connectivity index (χ2v) is 5.73. The van der Waals surface area contributed by atoms with Gasteiger partial charge in [-0.15, -0.1) is 0 Å². The highest BCUT2D eigenvalue weighted by atomic mass is 16.5. The van der Waals surface area contributed by atoms with Crippen LogP contribution >= 0.6 is 0 Å². The molecular weight excluding hydrogens is 238 g/mol. The van der Waals surface area contributed by atoms with E-state index in [9.17, 15) is 4.79 Å². The maximum Gasteiger partial charge on any atom is 0.311 e. The molecule has 3 heteroatoms. The zero-order chi connectivity index (χ0) is 14.1. The Balaban J connectivity index is 1.99. The summed E-state index contributed by atoms with van der Waals surface area (Å²) in [6.07, 6.45) is 1.89. The van der Waals surface area contributed by atoms with E-state index in [0.717, 1.165) is 25.9 Å². The minimum Gasteiger partial charge on any atom is -0.465 e. The van der Waals surface area contributed by atoms with Crippen LogP contribution in [0.1, 0.15) is 32.8 Å². The second kappa shape index (κ2) is 7.95. The molecule has 0 spiro atoms. The Labute approximate surface area is 116 Å². The summed E-state index contributed by atoms with van der Waals surface area (Å²) >= 11 is 0. The average molecular weight is 263 g/mol. The first-order valence-corrected chi connectivity index (χ1v) is 6.92. The molecule has 0 bridgehead atoms. The zero-order valence-corrected chi connectivity index (χ0v) is 12.2. The van der Waals surface area contributed by atoms with E-state index in [1.165, 1.54) is 5.56 Å². The Morgan fingerprint density at radius 2 is 1.84 bits per heavy atom. The fourth-order valence-electron chi connectivity index (χ4n) is 1.58. The van der Waals surface area contributed by atoms with E-state index in [0.29, 0.717) is 6.61 Å². The van der Waals surface area contributed by atoms with E-state index < -0.39 is 5.41 Å². The first-order chi connectivity index (χ1) is 9.00. The Bertz CT molecular complexity index is 368. The molecule has 0 amide bonds. The Morgan fingerprint density at radius 1 is 1.16 bits per heavy atom. The van der Waals surface area contributed by atoms with Gasteiger partial charge in [0, 0.05) is 0 Å². The van der Waals surface area contributed by atoms with Crippen LogP contribution in [-0.2, 0) is 16.0 Å². The van der Waals surface area contributed by atoms with Gasteiger partial charge in [0.2, 0.25) is 0 Å². The molecule has 0 saturated carbocycles. The summed E-state index contributed by atoms with van der Waals surface area (Å²) < 4.78 is 5.19. The topological polar surface area (TPSA) is 38.3 Å². The largest absolute Gasteiger partial charge is 0.465 e. The van der Waals surface area contributed by atoms with Crippen molar-refractivity contribution in [3.63, 3.8) is 0 Å². The maximum atomic E-state index is 11.5. The lowest BCUT2D eigenvalue weighted by Gasteiger charge is -2.16. The molecule has 0 aromatic heterocycles. The van der Waals surface area contributed by atoms with Gasteiger partial charge in [0.05, 0.1) is 12.0 Å². The summed E-state index contributed by atoms with van der Waals surface area (Å²) in [5, 5.41) is 3.36. The molecule has 0 aliphatic carbocycles. The number of nitrogens with one attached hydrogen (secondary N) is 1. The van der Waals surface area contributed by atoms with Crippen LogP contribution in [0.2, 0.25) is 0 Å². The van der Waals surface area contributed by atoms with Gasteiger partial charge in [-0.2, -0.15) is 0 Å². The highest BCUT2D eigenvalue weighted by molar-refractivity contribution is 5.75. The predicted molar refractivity (Wildman–Crippen MR) is 78.0 cm³/mol. The lowest BCUT2D eigenvalue weighted by atomic mass is 9.97. The molecule has 0 unspecified atom stereocenters. The van der Waals surface area contributed by atoms with Crippen molar-refractivity contribution in [3.8, 4) is 0 Å². The fraction of sp³-hybridized carbons (Fsp3) is 0.562. The van der Waals surface area contributed by atoms with Crippen molar-refractivity contribution >= 4 is 5.97 Å². The van der Waals surface area contributed by atoms with Gasteiger partial charge in [-0.25, -0.2) is 0 Å². The number of esters is 1. The molecule has 1 aromatic carbocycles. The molecule has 1 rings (SSSR count). The van der Waals surface area contributed by atoms with Crippen molar-refractivity contribution in [1.29, 1.82) is 0 Å². The number of carbonyl (C=O) groups is 1. The molecule has 19 heavy (non-hydrogen) atoms. The predicted octanol–water partition coefficient (Wildman–Crippen LogP) is 2.80. The lowest BCUT2D eigenvalue weighted by molar-refractivity contribution is -0.152. The first kappa shape index (κ1) is 15.7. The Kier molecular flexibility index (Phi) is 6.57. The highest BCUT2D eigenvalue weighted by Crippen LogP contribution is 2.14. The summed E-state index contributed by atoms with van der Waals surface area (Å²) in [4.78, 5) is 11.5. The van der Waals surface area contributed by atoms with Crippen LogP contribution in [0, 0.1) is 5.41 Å². The maximum absolute atomic E-state index is 11.5. The van der Waals surface area contributed by atoms with Gasteiger partial charge < -0.3 is 10.1 Å². The quantitative estimate of drug-likeness (QED) is 0.607. The molecule has 3 nitrogen and oxygen atoms in total. The van der Waals surface area contributed by atoms with Crippen LogP contribution in [0.15, 0.2) is 30.3 Å². The second-order valence-electron chi connectivity index (χ2n) is 5.73. The highest BCUT2D eigenvalue weighted by Gasteiger charge is 2.22. The molecule has 0 fully saturated rings. The lowest BCUT2D eigenvalue weighted by Crippen LogP contribution is -2.25. The van der Waals surface area contributed by atoms with Crippen LogP contribution in [0.25, 0.3) is 0 Å². The zero-order valence-electron chi connectivity index (χ0n) is 12.2. The average Bonchev–Trinajstić information content (AvgIpc) is 2.37. The fourth-order valence-corrected chi connectivity index (χ4v) is 1.58. The monoisotopic (exact) mass is 263 g/mol. The number of benzene rings is 1. The summed E-state index contributed by atoms with van der Waals surface area (Å²) in [7, 11) is 0. The van der Waals surface area contributed by atoms with E-state index in [-0.39, 0.29) is 5.97 Å². The van der Waals surface area contributed by atoms with E-state index >= 15 is 0 Å². The SMILES string of the molecule is CC(C)(C)C(=O)OCCCNCCc1ccccc1. The number of ether oxygens (including phenoxy) is 1. The van der Waals surface area contributed by atoms with Crippen molar-refractivity contribution in [3.05, 3.63) is 35.9 Å². The third-order valence-corrected chi connectivity index (χ3v) is 2.78. The van der Waals surface area contributed by atoms with Crippen molar-refractivity contribution < 1.29 is 9.53 Å². The third kappa shape index (κ3) is 6.97. The number of hydrogen-bond donors (Lipinski definition) is 1. The summed E-state index contributed by atoms with van der Waals surface area (Å²) in [6, 6.07) is 10.4. The molecule has 106 valence electrons. The van der Waals surface area contributed by atoms with Crippen LogP contribution in [0.5, 0.6) is 0 Å². The Morgan fingerprint density at radius 3 is 2.47 bits per heavy atom. The third-order valence-electron chi connectivity index (χ3n) is 2.78. The smallest absolute Gasteiger partial charge is 0.311 e. The standard InChI is InChI=1S/C16H25NO2/c1-16(2,3)15(18)19-13-7-11-17-12-10-14-8-5-4-6-9-14/h4-6,8-9,17H,7,10-13H2,1-3H3. The molecule has 1 aromatic rings. The van der Waals surface area contributed by atoms with Crippen molar-refractivity contribution in [2.75, 3.05) is 19.7 Å². The molecule has 0 atom stereocenters. The molecule has 0 saturated heterocycles. The van der Waals surface area contributed by atoms with Gasteiger partial charge in [-0.05, 0) is 52.3 Å². The number of hydrogen-bond acceptors (Lipinski definition) is 3. The first-order valence-electron chi connectivity index (χ1n) is 6.92. The van der Waals surface area contributed by atoms with Gasteiger partial charge in [-0.3, -0.25) is 4.79 Å². The molecule has 0 aliphatic heterocycles. The molecule has 1 N–H and O–H groups in total. The normalized spacial score (nSPS) is 11.3. The summed E-state index contributed by atoms with van der Waals surface area (Å²) in [6.45, 7) is 7.93. The molecule has 0 aliphatic rings. The van der Waals surface area contributed by atoms with Crippen LogP contribution in [-0.4, -0.2) is 25.7 Å². The van der Waals surface area contributed by atoms with Gasteiger partial charge in [-0.1, -0.05) is 30.3 Å². The number of rotatable bonds is 7. The van der Waals surface area contributed by atoms with Crippen LogP contribution in [0.4, 0.5) is 0 Å². The Hall–Kier alpha value is -1.35. The van der Waals surface area contributed by atoms with Gasteiger partial charge in [0.15, 0.2) is 0 Å². The summed E-state index contributed by atoms with van der Waals surface area (Å²) in [5.41, 5.74) is 0.940. The van der Waals surface area contributed by atoms with E-state index in [2.05, 4.69) is 29.6 Å². The van der Waals surface area contributed by atoms with E-state index in [1.807, 2.05) is 26.8 Å². The van der Waals surface area contributed by atoms with E-state index in [4.69, 9.17) is 4.74 Å². The molecule has 0 radical (unpaired) electrons. The van der Waals surface area contributed by atoms with E-state index in [1.54, 1.807) is 0 Å². The minimum atomic E-state index is -0.402. The van der Waals surface area contributed by atoms with Gasteiger partial charge in [0.1, 0.15) is 0 Å². The summed E-state index contributed by atoms with van der Waals surface area (Å²) in [5.74, 6) is -0.128. The molecular formula is C16H25NO2. The number of carbonyl (C=O) groups excluding carboxylic acids is 1. The van der Waals surface area contributed by atoms with Crippen molar-refractivity contribution in [1.82, 2.24) is 5.32 Å². The van der Waals surface area contributed by atoms with Crippen LogP contribution < -0.4 is 5.32 Å². The van der Waals surface area contributed by atoms with Crippen LogP contribution in [0.3, 0.4) is 0 Å². The van der Waals surface area contributed by atoms with Crippen molar-refractivity contribution in [2.24, 2.45) is 5.41 Å². The van der Waals surface area contributed by atoms with Crippen molar-refractivity contribution in [2.45, 2.75) is 33.6 Å². The van der Waals surface area contributed by atoms with Gasteiger partial charge in [0.25, 0.3) is 0 Å². The molecule has 0 heterocycles.